The average molecular weight is 596 g/mol. The smallest absolute Gasteiger partial charge is 0.264 e. The minimum absolute atomic E-state index is 0.0725. The van der Waals surface area contributed by atoms with E-state index in [-0.39, 0.29) is 23.4 Å². The first kappa shape index (κ1) is 30.6. The van der Waals surface area contributed by atoms with Gasteiger partial charge >= 0.3 is 0 Å². The SMILES string of the molecule is CCc1ccc(N(CC(=O)N(Cc2ccccc2Cl)[C@@H](CC)C(=O)NC2CCCC2)S(=O)(=O)c2ccccc2)cc1. The van der Waals surface area contributed by atoms with Crippen LogP contribution in [0.2, 0.25) is 5.02 Å². The quantitative estimate of drug-likeness (QED) is 0.280. The average Bonchev–Trinajstić information content (AvgIpc) is 3.50. The molecule has 0 aromatic heterocycles. The van der Waals surface area contributed by atoms with Crippen molar-refractivity contribution < 1.29 is 18.0 Å². The summed E-state index contributed by atoms with van der Waals surface area (Å²) in [6, 6.07) is 21.7. The van der Waals surface area contributed by atoms with E-state index in [1.807, 2.05) is 38.1 Å². The molecule has 9 heteroatoms. The van der Waals surface area contributed by atoms with Crippen LogP contribution in [0.5, 0.6) is 0 Å². The molecule has 2 amide bonds. The second-order valence-corrected chi connectivity index (χ2v) is 12.6. The molecule has 1 aliphatic carbocycles. The molecule has 0 unspecified atom stereocenters. The number of amides is 2. The van der Waals surface area contributed by atoms with E-state index in [9.17, 15) is 18.0 Å². The largest absolute Gasteiger partial charge is 0.352 e. The van der Waals surface area contributed by atoms with E-state index in [1.54, 1.807) is 42.5 Å². The molecule has 4 rings (SSSR count). The summed E-state index contributed by atoms with van der Waals surface area (Å²) < 4.78 is 29.0. The minimum Gasteiger partial charge on any atom is -0.352 e. The second-order valence-electron chi connectivity index (χ2n) is 10.4. The van der Waals surface area contributed by atoms with Gasteiger partial charge in [0.25, 0.3) is 10.0 Å². The first-order chi connectivity index (χ1) is 19.7. The van der Waals surface area contributed by atoms with Crippen molar-refractivity contribution in [3.8, 4) is 0 Å². The van der Waals surface area contributed by atoms with Crippen LogP contribution in [0.3, 0.4) is 0 Å². The summed E-state index contributed by atoms with van der Waals surface area (Å²) in [5.74, 6) is -0.720. The van der Waals surface area contributed by atoms with Crippen molar-refractivity contribution in [2.75, 3.05) is 10.8 Å². The van der Waals surface area contributed by atoms with Crippen LogP contribution in [0.1, 0.15) is 57.1 Å². The van der Waals surface area contributed by atoms with Crippen LogP contribution in [0.4, 0.5) is 5.69 Å². The van der Waals surface area contributed by atoms with Crippen LogP contribution in [0.25, 0.3) is 0 Å². The lowest BCUT2D eigenvalue weighted by Gasteiger charge is -2.34. The molecule has 0 bridgehead atoms. The third-order valence-electron chi connectivity index (χ3n) is 7.63. The van der Waals surface area contributed by atoms with Gasteiger partial charge in [-0.05, 0) is 67.1 Å². The summed E-state index contributed by atoms with van der Waals surface area (Å²) in [6.45, 7) is 3.47. The van der Waals surface area contributed by atoms with Gasteiger partial charge in [-0.3, -0.25) is 13.9 Å². The molecule has 1 aliphatic rings. The molecule has 3 aromatic rings. The summed E-state index contributed by atoms with van der Waals surface area (Å²) >= 11 is 6.48. The maximum absolute atomic E-state index is 14.2. The van der Waals surface area contributed by atoms with E-state index in [0.717, 1.165) is 42.0 Å². The third kappa shape index (κ3) is 7.49. The van der Waals surface area contributed by atoms with E-state index < -0.39 is 28.5 Å². The number of sulfonamides is 1. The number of carbonyl (C=O) groups excluding carboxylic acids is 2. The molecule has 0 heterocycles. The number of anilines is 1. The molecule has 1 atom stereocenters. The highest BCUT2D eigenvalue weighted by Gasteiger charge is 2.34. The first-order valence-electron chi connectivity index (χ1n) is 14.2. The lowest BCUT2D eigenvalue weighted by molar-refractivity contribution is -0.140. The van der Waals surface area contributed by atoms with Crippen LogP contribution >= 0.6 is 11.6 Å². The molecule has 0 radical (unpaired) electrons. The van der Waals surface area contributed by atoms with Crippen molar-refractivity contribution in [1.82, 2.24) is 10.2 Å². The number of halogens is 1. The van der Waals surface area contributed by atoms with Gasteiger partial charge in [0.05, 0.1) is 10.6 Å². The summed E-state index contributed by atoms with van der Waals surface area (Å²) in [7, 11) is -4.10. The van der Waals surface area contributed by atoms with Gasteiger partial charge in [0, 0.05) is 17.6 Å². The lowest BCUT2D eigenvalue weighted by atomic mass is 10.1. The number of nitrogens with one attached hydrogen (secondary N) is 1. The molecule has 0 spiro atoms. The Bertz CT molecular complexity index is 1420. The van der Waals surface area contributed by atoms with E-state index >= 15 is 0 Å². The van der Waals surface area contributed by atoms with Gasteiger partial charge < -0.3 is 10.2 Å². The van der Waals surface area contributed by atoms with E-state index in [4.69, 9.17) is 11.6 Å². The topological polar surface area (TPSA) is 86.8 Å². The fraction of sp³-hybridized carbons (Fsp3) is 0.375. The zero-order chi connectivity index (χ0) is 29.4. The zero-order valence-corrected chi connectivity index (χ0v) is 25.2. The highest BCUT2D eigenvalue weighted by atomic mass is 35.5. The number of carbonyl (C=O) groups is 2. The molecular formula is C32H38ClN3O4S. The van der Waals surface area contributed by atoms with Crippen LogP contribution < -0.4 is 9.62 Å². The number of nitrogens with zero attached hydrogens (tertiary/aromatic N) is 2. The molecule has 41 heavy (non-hydrogen) atoms. The van der Waals surface area contributed by atoms with E-state index in [1.165, 1.54) is 17.0 Å². The lowest BCUT2D eigenvalue weighted by Crippen LogP contribution is -2.53. The van der Waals surface area contributed by atoms with Crippen molar-refractivity contribution in [2.45, 2.75) is 75.9 Å². The second kappa shape index (κ2) is 14.0. The van der Waals surface area contributed by atoms with Gasteiger partial charge in [0.1, 0.15) is 12.6 Å². The molecule has 1 fully saturated rings. The Morgan fingerprint density at radius 1 is 0.927 bits per heavy atom. The predicted molar refractivity (Wildman–Crippen MR) is 163 cm³/mol. The number of rotatable bonds is 12. The molecule has 3 aromatic carbocycles. The minimum atomic E-state index is -4.10. The molecule has 218 valence electrons. The van der Waals surface area contributed by atoms with Crippen molar-refractivity contribution in [3.63, 3.8) is 0 Å². The molecular weight excluding hydrogens is 558 g/mol. The van der Waals surface area contributed by atoms with Crippen LogP contribution in [-0.4, -0.2) is 43.8 Å². The van der Waals surface area contributed by atoms with Crippen molar-refractivity contribution in [2.24, 2.45) is 0 Å². The van der Waals surface area contributed by atoms with Crippen LogP contribution in [-0.2, 0) is 32.6 Å². The first-order valence-corrected chi connectivity index (χ1v) is 16.1. The number of hydrogen-bond acceptors (Lipinski definition) is 4. The Labute approximate surface area is 248 Å². The van der Waals surface area contributed by atoms with E-state index in [2.05, 4.69) is 5.32 Å². The molecule has 1 saturated carbocycles. The highest BCUT2D eigenvalue weighted by molar-refractivity contribution is 7.92. The van der Waals surface area contributed by atoms with Gasteiger partial charge in [-0.1, -0.05) is 86.8 Å². The van der Waals surface area contributed by atoms with Crippen LogP contribution in [0, 0.1) is 0 Å². The van der Waals surface area contributed by atoms with E-state index in [0.29, 0.717) is 22.7 Å². The third-order valence-corrected chi connectivity index (χ3v) is 9.79. The number of benzene rings is 3. The summed E-state index contributed by atoms with van der Waals surface area (Å²) in [5, 5.41) is 3.59. The monoisotopic (exact) mass is 595 g/mol. The normalized spacial score (nSPS) is 14.4. The Morgan fingerprint density at radius 3 is 2.17 bits per heavy atom. The Kier molecular flexibility index (Phi) is 10.5. The number of aryl methyl sites for hydroxylation is 1. The summed E-state index contributed by atoms with van der Waals surface area (Å²) in [4.78, 5) is 29.3. The van der Waals surface area contributed by atoms with Gasteiger partial charge in [-0.15, -0.1) is 0 Å². The van der Waals surface area contributed by atoms with Gasteiger partial charge in [-0.2, -0.15) is 0 Å². The Morgan fingerprint density at radius 2 is 1.56 bits per heavy atom. The maximum Gasteiger partial charge on any atom is 0.264 e. The van der Waals surface area contributed by atoms with Gasteiger partial charge in [0.15, 0.2) is 0 Å². The fourth-order valence-electron chi connectivity index (χ4n) is 5.24. The van der Waals surface area contributed by atoms with Gasteiger partial charge in [0.2, 0.25) is 11.8 Å². The molecule has 1 N–H and O–H groups in total. The van der Waals surface area contributed by atoms with Crippen molar-refractivity contribution in [3.05, 3.63) is 95.0 Å². The molecule has 7 nitrogen and oxygen atoms in total. The maximum atomic E-state index is 14.2. The van der Waals surface area contributed by atoms with Crippen molar-refractivity contribution >= 4 is 39.1 Å². The summed E-state index contributed by atoms with van der Waals surface area (Å²) in [6.07, 6.45) is 5.12. The van der Waals surface area contributed by atoms with Crippen molar-refractivity contribution in [1.29, 1.82) is 0 Å². The highest BCUT2D eigenvalue weighted by Crippen LogP contribution is 2.26. The zero-order valence-electron chi connectivity index (χ0n) is 23.6. The number of hydrogen-bond donors (Lipinski definition) is 1. The molecule has 0 saturated heterocycles. The molecule has 0 aliphatic heterocycles. The van der Waals surface area contributed by atoms with Gasteiger partial charge in [-0.25, -0.2) is 8.42 Å². The van der Waals surface area contributed by atoms with Crippen LogP contribution in [0.15, 0.2) is 83.8 Å². The summed E-state index contributed by atoms with van der Waals surface area (Å²) in [5.41, 5.74) is 2.10. The Hall–Kier alpha value is -3.36. The fourth-order valence-corrected chi connectivity index (χ4v) is 6.87. The predicted octanol–water partition coefficient (Wildman–Crippen LogP) is 5.96. The Balaban J connectivity index is 1.71. The standard InChI is InChI=1S/C32H38ClN3O4S/c1-3-24-18-20-27(21-19-24)36(41(39,40)28-15-6-5-7-16-28)23-31(37)35(22-25-12-8-11-17-29(25)33)30(4-2)32(38)34-26-13-9-10-14-26/h5-8,11-12,15-21,26,30H,3-4,9-10,13-14,22-23H2,1-2H3,(H,34,38)/t30-/m0/s1.